The van der Waals surface area contributed by atoms with Crippen molar-refractivity contribution in [3.63, 3.8) is 0 Å². The van der Waals surface area contributed by atoms with Crippen LogP contribution in [-0.4, -0.2) is 53.4 Å². The zero-order valence-electron chi connectivity index (χ0n) is 38.6. The summed E-state index contributed by atoms with van der Waals surface area (Å²) >= 11 is -5.16. The van der Waals surface area contributed by atoms with Crippen LogP contribution < -0.4 is 41.5 Å². The minimum absolute atomic E-state index is 0.503. The summed E-state index contributed by atoms with van der Waals surface area (Å²) in [7, 11) is -16.4. The Morgan fingerprint density at radius 2 is 0.394 bits per heavy atom. The van der Waals surface area contributed by atoms with Crippen molar-refractivity contribution in [2.45, 2.75) is 48.4 Å². The molecule has 0 aromatic heterocycles. The molecule has 0 unspecified atom stereocenters. The van der Waals surface area contributed by atoms with E-state index in [9.17, 15) is 0 Å². The van der Waals surface area contributed by atoms with Gasteiger partial charge in [-0.15, -0.1) is 0 Å². The van der Waals surface area contributed by atoms with E-state index < -0.39 is 60.3 Å². The third-order valence-corrected chi connectivity index (χ3v) is 50.6. The normalized spacial score (nSPS) is 17.8. The molecule has 0 amide bonds. The van der Waals surface area contributed by atoms with Crippen molar-refractivity contribution in [1.29, 1.82) is 0 Å². The van der Waals surface area contributed by atoms with Crippen molar-refractivity contribution in [2.75, 3.05) is 0 Å². The average molecular weight is 1040 g/mol. The van der Waals surface area contributed by atoms with E-state index in [4.69, 9.17) is 17.9 Å². The first-order valence-electron chi connectivity index (χ1n) is 22.8. The summed E-state index contributed by atoms with van der Waals surface area (Å²) in [6.07, 6.45) is 0. The molecule has 0 spiro atoms. The third kappa shape index (κ3) is 8.33. The summed E-state index contributed by atoms with van der Waals surface area (Å²) < 4.78 is 42.9. The first-order valence-corrected chi connectivity index (χ1v) is 35.3. The van der Waals surface area contributed by atoms with Crippen molar-refractivity contribution in [1.82, 2.24) is 0 Å². The molecule has 10 heteroatoms. The van der Waals surface area contributed by atoms with Gasteiger partial charge in [-0.3, -0.25) is 0 Å². The molecule has 0 radical (unpaired) electrons. The molecule has 0 aliphatic carbocycles. The van der Waals surface area contributed by atoms with Gasteiger partial charge in [-0.1, -0.05) is 0 Å². The van der Waals surface area contributed by atoms with E-state index in [2.05, 4.69) is 284 Å². The van der Waals surface area contributed by atoms with Gasteiger partial charge >= 0.3 is 404 Å². The van der Waals surface area contributed by atoms with Gasteiger partial charge in [-0.05, 0) is 0 Å². The summed E-state index contributed by atoms with van der Waals surface area (Å²) in [6, 6.07) is 85.5. The summed E-state index contributed by atoms with van der Waals surface area (Å²) in [5.41, 5.74) is 0. The fraction of sp³-hybridized carbons (Fsp3) is 0.143. The van der Waals surface area contributed by atoms with Crippen LogP contribution >= 0.6 is 0 Å². The van der Waals surface area contributed by atoms with Crippen LogP contribution in [0.2, 0.25) is 6.86 Å². The number of benzene rings is 8. The number of hydrogen-bond acceptors (Lipinski definition) is 5. The van der Waals surface area contributed by atoms with E-state index in [0.29, 0.717) is 0 Å². The standard InChI is InChI=1S/C48H40O5Si4.2C4H9.Sn/c49-54(41-25-9-1-10-26-41,42-27-11-2-12-28-42)51-56(45-33-17-5-18-34-45,46-35-19-6-20-36-46)53-57(47-37-21-7-22-38-47,48-39-23-8-24-40-48)52-55(50,43-29-13-3-14-30-43)44-31-15-4-16-32-44;2*1-4(2)3;/h1-40H;2*1-3H3;/q-2;;;+2. The van der Waals surface area contributed by atoms with E-state index in [1.807, 2.05) is 0 Å². The van der Waals surface area contributed by atoms with Gasteiger partial charge in [0.15, 0.2) is 0 Å². The summed E-state index contributed by atoms with van der Waals surface area (Å²) in [5.74, 6) is 0. The Kier molecular flexibility index (Phi) is 13.1. The van der Waals surface area contributed by atoms with Gasteiger partial charge in [-0.2, -0.15) is 0 Å². The molecule has 0 saturated carbocycles. The van der Waals surface area contributed by atoms with Gasteiger partial charge in [0.2, 0.25) is 0 Å². The third-order valence-electron chi connectivity index (χ3n) is 12.6. The molecule has 66 heavy (non-hydrogen) atoms. The number of rotatable bonds is 8. The Balaban J connectivity index is 1.58. The molecule has 8 aromatic rings. The second-order valence-corrected chi connectivity index (χ2v) is 47.0. The fourth-order valence-corrected chi connectivity index (χ4v) is 61.8. The van der Waals surface area contributed by atoms with Crippen molar-refractivity contribution < 1.29 is 17.9 Å². The van der Waals surface area contributed by atoms with Gasteiger partial charge in [0.1, 0.15) is 0 Å². The zero-order valence-corrected chi connectivity index (χ0v) is 45.5. The average Bonchev–Trinajstić information content (AvgIpc) is 3.36. The van der Waals surface area contributed by atoms with Crippen LogP contribution in [0.3, 0.4) is 0 Å². The van der Waals surface area contributed by atoms with Crippen LogP contribution in [0.1, 0.15) is 41.5 Å². The van der Waals surface area contributed by atoms with E-state index >= 15 is 0 Å². The molecular formula is C56H58O5Si4Sn. The van der Waals surface area contributed by atoms with Crippen molar-refractivity contribution >= 4 is 94.9 Å². The summed E-state index contributed by atoms with van der Waals surface area (Å²) in [6.45, 7) is 14.0. The summed E-state index contributed by atoms with van der Waals surface area (Å²) in [5, 5.41) is 7.77. The zero-order chi connectivity index (χ0) is 45.9. The van der Waals surface area contributed by atoms with Crippen LogP contribution in [0.5, 0.6) is 0 Å². The monoisotopic (exact) mass is 1040 g/mol. The van der Waals surface area contributed by atoms with Gasteiger partial charge in [0.25, 0.3) is 0 Å². The second kappa shape index (κ2) is 18.7. The Labute approximate surface area is 401 Å². The van der Waals surface area contributed by atoms with Crippen molar-refractivity contribution in [3.8, 4) is 0 Å². The maximum absolute atomic E-state index is 8.81. The minimum atomic E-state index is -5.16. The van der Waals surface area contributed by atoms with Gasteiger partial charge in [0, 0.05) is 0 Å². The van der Waals surface area contributed by atoms with Crippen LogP contribution in [0, 0.1) is 0 Å². The molecule has 1 heterocycles. The molecule has 0 bridgehead atoms. The molecule has 1 aliphatic rings. The van der Waals surface area contributed by atoms with Gasteiger partial charge in [-0.25, -0.2) is 0 Å². The first kappa shape index (κ1) is 46.3. The van der Waals surface area contributed by atoms with E-state index in [-0.39, 0.29) is 0 Å². The van der Waals surface area contributed by atoms with Crippen molar-refractivity contribution in [3.05, 3.63) is 243 Å². The predicted octanol–water partition coefficient (Wildman–Crippen LogP) is 8.15. The Hall–Kier alpha value is -4.77. The van der Waals surface area contributed by atoms with Crippen LogP contribution in [0.25, 0.3) is 0 Å². The molecule has 0 N–H and O–H groups in total. The predicted molar refractivity (Wildman–Crippen MR) is 282 cm³/mol. The molecule has 1 aliphatic heterocycles. The molecule has 8 aromatic carbocycles. The quantitative estimate of drug-likeness (QED) is 0.144. The maximum atomic E-state index is 8.81. The summed E-state index contributed by atoms with van der Waals surface area (Å²) in [4.78, 5) is 0. The molecule has 1 saturated heterocycles. The molecular weight excluding hydrogens is 984 g/mol. The molecule has 5 nitrogen and oxygen atoms in total. The number of hydrogen-bond donors (Lipinski definition) is 0. The molecule has 1 fully saturated rings. The molecule has 0 atom stereocenters. The Morgan fingerprint density at radius 3 is 0.561 bits per heavy atom. The molecule has 9 rings (SSSR count). The van der Waals surface area contributed by atoms with Crippen LogP contribution in [-0.2, 0) is 17.9 Å². The van der Waals surface area contributed by atoms with Gasteiger partial charge < -0.3 is 0 Å². The Bertz CT molecular complexity index is 2450. The van der Waals surface area contributed by atoms with Crippen LogP contribution in [0.4, 0.5) is 0 Å². The Morgan fingerprint density at radius 1 is 0.242 bits per heavy atom. The first-order chi connectivity index (χ1) is 31.9. The second-order valence-electron chi connectivity index (χ2n) is 19.0. The van der Waals surface area contributed by atoms with Gasteiger partial charge in [0.05, 0.1) is 0 Å². The SMILES string of the molecule is C[C](C)(C)[Sn]1([C](C)(C)C)[O][Si](c2ccccc2)(c2ccccc2)O[Si](c2ccccc2)(c2ccccc2)O[Si](c2ccccc2)(c2ccccc2)O[Si](c2ccccc2)(c2ccccc2)[O]1. The van der Waals surface area contributed by atoms with E-state index in [0.717, 1.165) is 41.5 Å². The van der Waals surface area contributed by atoms with Crippen LogP contribution in [0.15, 0.2) is 243 Å². The van der Waals surface area contributed by atoms with Crippen molar-refractivity contribution in [2.24, 2.45) is 0 Å². The topological polar surface area (TPSA) is 46.2 Å². The van der Waals surface area contributed by atoms with E-state index in [1.165, 1.54) is 0 Å². The van der Waals surface area contributed by atoms with E-state index in [1.54, 1.807) is 0 Å². The molecule has 332 valence electrons. The fourth-order valence-electron chi connectivity index (χ4n) is 9.72.